The van der Waals surface area contributed by atoms with Crippen molar-refractivity contribution in [3.05, 3.63) is 0 Å². The Morgan fingerprint density at radius 1 is 1.60 bits per heavy atom. The fourth-order valence-electron chi connectivity index (χ4n) is 0.734. The van der Waals surface area contributed by atoms with E-state index in [0.29, 0.717) is 13.0 Å². The first-order chi connectivity index (χ1) is 6.81. The minimum atomic E-state index is -0.847. The minimum Gasteiger partial charge on any atom is -0.464 e. The third kappa shape index (κ3) is 4.93. The maximum atomic E-state index is 10.7. The van der Waals surface area contributed by atoms with E-state index >= 15 is 0 Å². The molecule has 0 aromatic heterocycles. The summed E-state index contributed by atoms with van der Waals surface area (Å²) < 4.78 is 4.38. The van der Waals surface area contributed by atoms with Gasteiger partial charge in [-0.05, 0) is 13.3 Å². The third-order valence-electron chi connectivity index (χ3n) is 2.74. The molecule has 0 amide bonds. The van der Waals surface area contributed by atoms with E-state index in [2.05, 4.69) is 4.74 Å². The van der Waals surface area contributed by atoms with Crippen LogP contribution in [0, 0.1) is 5.41 Å². The Morgan fingerprint density at radius 2 is 2.13 bits per heavy atom. The highest BCUT2D eigenvalue weighted by Crippen LogP contribution is 2.19. The normalized spacial score (nSPS) is 20.3. The molecule has 0 saturated carbocycles. The first kappa shape index (κ1) is 14.1. The van der Waals surface area contributed by atoms with Crippen molar-refractivity contribution in [2.45, 2.75) is 46.6 Å². The van der Waals surface area contributed by atoms with Gasteiger partial charge in [0.15, 0.2) is 6.10 Å². The maximum absolute atomic E-state index is 10.7. The summed E-state index contributed by atoms with van der Waals surface area (Å²) in [5.41, 5.74) is -0.0972. The van der Waals surface area contributed by atoms with E-state index in [1.165, 1.54) is 0 Å². The molecule has 4 heteroatoms. The van der Waals surface area contributed by atoms with Gasteiger partial charge in [-0.1, -0.05) is 20.8 Å². The molecule has 1 aliphatic heterocycles. The second kappa shape index (κ2) is 5.85. The summed E-state index contributed by atoms with van der Waals surface area (Å²) in [7, 11) is 0. The van der Waals surface area contributed by atoms with E-state index in [9.17, 15) is 9.59 Å². The molecule has 1 fully saturated rings. The zero-order chi connectivity index (χ0) is 12.1. The molecule has 1 unspecified atom stereocenters. The standard InChI is InChI=1S/C7H14O.C4H6O3/c1-5-7(3,4)6(2)8;5-3-1-2-7-4(3)6/h5H2,1-4H3;3,5H,1-2H2. The average Bonchev–Trinajstić information content (AvgIpc) is 2.52. The number of rotatable bonds is 2. The van der Waals surface area contributed by atoms with E-state index < -0.39 is 12.1 Å². The third-order valence-corrected chi connectivity index (χ3v) is 2.74. The molecule has 88 valence electrons. The Morgan fingerprint density at radius 3 is 2.20 bits per heavy atom. The maximum Gasteiger partial charge on any atom is 0.335 e. The van der Waals surface area contributed by atoms with Crippen molar-refractivity contribution in [3.63, 3.8) is 0 Å². The van der Waals surface area contributed by atoms with E-state index in [-0.39, 0.29) is 11.2 Å². The molecule has 0 aromatic carbocycles. The van der Waals surface area contributed by atoms with Crippen molar-refractivity contribution in [1.29, 1.82) is 0 Å². The molecular formula is C11H20O4. The average molecular weight is 216 g/mol. The lowest BCUT2D eigenvalue weighted by Crippen LogP contribution is -2.19. The number of carbonyl (C=O) groups excluding carboxylic acids is 2. The highest BCUT2D eigenvalue weighted by atomic mass is 16.6. The summed E-state index contributed by atoms with van der Waals surface area (Å²) in [5.74, 6) is -0.208. The van der Waals surface area contributed by atoms with Crippen LogP contribution in [-0.4, -0.2) is 29.6 Å². The number of carbonyl (C=O) groups is 2. The number of Topliss-reactive ketones (excluding diaryl/α,β-unsaturated/α-hetero) is 1. The first-order valence-electron chi connectivity index (χ1n) is 5.17. The van der Waals surface area contributed by atoms with Gasteiger partial charge in [-0.15, -0.1) is 0 Å². The quantitative estimate of drug-likeness (QED) is 0.707. The van der Waals surface area contributed by atoms with Crippen molar-refractivity contribution in [3.8, 4) is 0 Å². The lowest BCUT2D eigenvalue weighted by atomic mass is 9.86. The number of cyclic esters (lactones) is 1. The smallest absolute Gasteiger partial charge is 0.335 e. The second-order valence-electron chi connectivity index (χ2n) is 4.27. The van der Waals surface area contributed by atoms with Crippen molar-refractivity contribution < 1.29 is 19.4 Å². The summed E-state index contributed by atoms with van der Waals surface area (Å²) in [6.45, 7) is 7.98. The van der Waals surface area contributed by atoms with Gasteiger partial charge < -0.3 is 9.84 Å². The largest absolute Gasteiger partial charge is 0.464 e. The van der Waals surface area contributed by atoms with Crippen LogP contribution in [0.2, 0.25) is 0 Å². The Balaban J connectivity index is 0.000000262. The predicted octanol–water partition coefficient (Wildman–Crippen LogP) is 1.31. The number of aliphatic hydroxyl groups excluding tert-OH is 1. The fourth-order valence-corrected chi connectivity index (χ4v) is 0.734. The molecule has 4 nitrogen and oxygen atoms in total. The molecule has 0 radical (unpaired) electrons. The Labute approximate surface area is 90.6 Å². The predicted molar refractivity (Wildman–Crippen MR) is 56.3 cm³/mol. The summed E-state index contributed by atoms with van der Waals surface area (Å²) in [4.78, 5) is 20.8. The van der Waals surface area contributed by atoms with Crippen LogP contribution in [0.1, 0.15) is 40.5 Å². The van der Waals surface area contributed by atoms with Gasteiger partial charge in [-0.2, -0.15) is 0 Å². The molecule has 1 saturated heterocycles. The van der Waals surface area contributed by atoms with Crippen molar-refractivity contribution >= 4 is 11.8 Å². The molecule has 0 spiro atoms. The van der Waals surface area contributed by atoms with Crippen LogP contribution in [0.3, 0.4) is 0 Å². The number of esters is 1. The highest BCUT2D eigenvalue weighted by molar-refractivity contribution is 5.81. The van der Waals surface area contributed by atoms with Crippen LogP contribution in [0.4, 0.5) is 0 Å². The van der Waals surface area contributed by atoms with Crippen molar-refractivity contribution in [2.75, 3.05) is 6.61 Å². The zero-order valence-corrected chi connectivity index (χ0v) is 9.87. The van der Waals surface area contributed by atoms with Crippen LogP contribution in [-0.2, 0) is 14.3 Å². The van der Waals surface area contributed by atoms with Gasteiger partial charge in [0, 0.05) is 11.8 Å². The van der Waals surface area contributed by atoms with Crippen molar-refractivity contribution in [2.24, 2.45) is 5.41 Å². The number of ether oxygens (including phenoxy) is 1. The SMILES string of the molecule is CCC(C)(C)C(C)=O.O=C1OCCC1O. The first-order valence-corrected chi connectivity index (χ1v) is 5.17. The highest BCUT2D eigenvalue weighted by Gasteiger charge is 2.22. The Hall–Kier alpha value is -0.900. The number of hydrogen-bond acceptors (Lipinski definition) is 4. The molecular weight excluding hydrogens is 196 g/mol. The molecule has 0 bridgehead atoms. The van der Waals surface area contributed by atoms with E-state index in [4.69, 9.17) is 5.11 Å². The van der Waals surface area contributed by atoms with Crippen LogP contribution in [0.25, 0.3) is 0 Å². The van der Waals surface area contributed by atoms with Crippen LogP contribution in [0.5, 0.6) is 0 Å². The molecule has 0 aromatic rings. The molecule has 1 rings (SSSR count). The lowest BCUT2D eigenvalue weighted by Gasteiger charge is -2.17. The summed E-state index contributed by atoms with van der Waals surface area (Å²) >= 11 is 0. The Kier molecular flexibility index (Phi) is 5.50. The van der Waals surface area contributed by atoms with Gasteiger partial charge >= 0.3 is 5.97 Å². The van der Waals surface area contributed by atoms with Gasteiger partial charge in [-0.3, -0.25) is 4.79 Å². The number of ketones is 1. The molecule has 1 atom stereocenters. The monoisotopic (exact) mass is 216 g/mol. The van der Waals surface area contributed by atoms with Gasteiger partial charge in [0.05, 0.1) is 6.61 Å². The van der Waals surface area contributed by atoms with E-state index in [1.54, 1.807) is 6.92 Å². The van der Waals surface area contributed by atoms with Crippen LogP contribution in [0.15, 0.2) is 0 Å². The summed E-state index contributed by atoms with van der Waals surface area (Å²) in [5, 5.41) is 8.52. The van der Waals surface area contributed by atoms with Gasteiger partial charge in [0.1, 0.15) is 5.78 Å². The second-order valence-corrected chi connectivity index (χ2v) is 4.27. The van der Waals surface area contributed by atoms with Gasteiger partial charge in [0.2, 0.25) is 0 Å². The molecule has 1 N–H and O–H groups in total. The Bertz CT molecular complexity index is 233. The fraction of sp³-hybridized carbons (Fsp3) is 0.818. The molecule has 1 heterocycles. The topological polar surface area (TPSA) is 63.6 Å². The van der Waals surface area contributed by atoms with Crippen LogP contribution < -0.4 is 0 Å². The summed E-state index contributed by atoms with van der Waals surface area (Å²) in [6, 6.07) is 0. The number of aliphatic hydroxyl groups is 1. The minimum absolute atomic E-state index is 0.0972. The van der Waals surface area contributed by atoms with E-state index in [0.717, 1.165) is 6.42 Å². The molecule has 0 aliphatic carbocycles. The van der Waals surface area contributed by atoms with Gasteiger partial charge in [-0.25, -0.2) is 4.79 Å². The van der Waals surface area contributed by atoms with E-state index in [1.807, 2.05) is 20.8 Å². The van der Waals surface area contributed by atoms with Crippen LogP contribution >= 0.6 is 0 Å². The molecule has 1 aliphatic rings. The van der Waals surface area contributed by atoms with Gasteiger partial charge in [0.25, 0.3) is 0 Å². The van der Waals surface area contributed by atoms with Crippen molar-refractivity contribution in [1.82, 2.24) is 0 Å². The zero-order valence-electron chi connectivity index (χ0n) is 9.87. The molecule has 15 heavy (non-hydrogen) atoms. The summed E-state index contributed by atoms with van der Waals surface area (Å²) in [6.07, 6.45) is 0.543. The lowest BCUT2D eigenvalue weighted by molar-refractivity contribution is -0.144. The number of hydrogen-bond donors (Lipinski definition) is 1.